The summed E-state index contributed by atoms with van der Waals surface area (Å²) in [4.78, 5) is 25.3. The van der Waals surface area contributed by atoms with Gasteiger partial charge in [-0.3, -0.25) is 4.79 Å². The van der Waals surface area contributed by atoms with E-state index in [4.69, 9.17) is 4.42 Å². The number of amides is 1. The van der Waals surface area contributed by atoms with Gasteiger partial charge in [-0.25, -0.2) is 9.78 Å². The van der Waals surface area contributed by atoms with Crippen molar-refractivity contribution in [1.82, 2.24) is 4.98 Å². The number of hydrogen-bond acceptors (Lipinski definition) is 5. The number of ether oxygens (including phenoxy) is 1. The van der Waals surface area contributed by atoms with Crippen molar-refractivity contribution in [3.05, 3.63) is 24.1 Å². The van der Waals surface area contributed by atoms with Crippen LogP contribution in [0.4, 0.5) is 5.69 Å². The minimum Gasteiger partial charge on any atom is -0.462 e. The van der Waals surface area contributed by atoms with E-state index in [0.717, 1.165) is 0 Å². The van der Waals surface area contributed by atoms with Crippen molar-refractivity contribution in [3.8, 4) is 0 Å². The number of esters is 1. The van der Waals surface area contributed by atoms with E-state index in [2.05, 4.69) is 15.0 Å². The number of rotatable bonds is 3. The van der Waals surface area contributed by atoms with Crippen molar-refractivity contribution < 1.29 is 18.7 Å². The molecule has 2 aromatic rings. The molecule has 0 aliphatic carbocycles. The molecule has 1 aromatic carbocycles. The number of methoxy groups -OCH3 is 1. The van der Waals surface area contributed by atoms with Crippen LogP contribution in [-0.2, 0) is 9.53 Å². The number of nitrogens with one attached hydrogen (secondary N) is 1. The fourth-order valence-electron chi connectivity index (χ4n) is 1.26. The van der Waals surface area contributed by atoms with Crippen molar-refractivity contribution in [2.45, 2.75) is 0 Å². The number of fused-ring (bicyclic) bond motifs is 1. The smallest absolute Gasteiger partial charge is 0.394 e. The van der Waals surface area contributed by atoms with Crippen LogP contribution in [0.5, 0.6) is 0 Å². The molecule has 0 atom stereocenters. The average molecular weight is 220 g/mol. The lowest BCUT2D eigenvalue weighted by Crippen LogP contribution is -2.00. The highest BCUT2D eigenvalue weighted by atomic mass is 16.5. The van der Waals surface area contributed by atoms with E-state index < -0.39 is 5.97 Å². The second-order valence-corrected chi connectivity index (χ2v) is 2.96. The number of nitrogens with zero attached hydrogens (tertiary/aromatic N) is 1. The van der Waals surface area contributed by atoms with Crippen LogP contribution >= 0.6 is 0 Å². The number of benzene rings is 1. The van der Waals surface area contributed by atoms with E-state index in [1.807, 2.05) is 0 Å². The Bertz CT molecular complexity index is 547. The van der Waals surface area contributed by atoms with Gasteiger partial charge in [0.2, 0.25) is 6.41 Å². The van der Waals surface area contributed by atoms with Crippen LogP contribution in [0.2, 0.25) is 0 Å². The topological polar surface area (TPSA) is 81.4 Å². The number of aromatic nitrogens is 1. The van der Waals surface area contributed by atoms with Crippen molar-refractivity contribution in [3.63, 3.8) is 0 Å². The fraction of sp³-hybridized carbons (Fsp3) is 0.100. The summed E-state index contributed by atoms with van der Waals surface area (Å²) in [7, 11) is 1.25. The maximum Gasteiger partial charge on any atom is 0.394 e. The van der Waals surface area contributed by atoms with Gasteiger partial charge in [-0.1, -0.05) is 0 Å². The fourth-order valence-corrected chi connectivity index (χ4v) is 1.26. The van der Waals surface area contributed by atoms with E-state index in [1.165, 1.54) is 7.11 Å². The molecular formula is C10H8N2O4. The number of hydrogen-bond donors (Lipinski definition) is 1. The third-order valence-electron chi connectivity index (χ3n) is 1.97. The van der Waals surface area contributed by atoms with Crippen LogP contribution in [0.3, 0.4) is 0 Å². The maximum atomic E-state index is 11.1. The molecule has 1 heterocycles. The molecule has 0 aliphatic heterocycles. The maximum absolute atomic E-state index is 11.1. The number of anilines is 1. The Hall–Kier alpha value is -2.37. The van der Waals surface area contributed by atoms with Gasteiger partial charge in [-0.05, 0) is 18.2 Å². The minimum atomic E-state index is -0.638. The molecule has 0 radical (unpaired) electrons. The molecule has 1 amide bonds. The third-order valence-corrected chi connectivity index (χ3v) is 1.97. The van der Waals surface area contributed by atoms with Crippen LogP contribution in [-0.4, -0.2) is 24.5 Å². The molecule has 82 valence electrons. The van der Waals surface area contributed by atoms with Gasteiger partial charge in [-0.2, -0.15) is 0 Å². The summed E-state index contributed by atoms with van der Waals surface area (Å²) in [6.07, 6.45) is 0.558. The first-order chi connectivity index (χ1) is 7.74. The van der Waals surface area contributed by atoms with Gasteiger partial charge in [0.1, 0.15) is 5.52 Å². The molecule has 0 saturated heterocycles. The zero-order valence-corrected chi connectivity index (χ0v) is 8.39. The quantitative estimate of drug-likeness (QED) is 0.620. The summed E-state index contributed by atoms with van der Waals surface area (Å²) in [5.41, 5.74) is 1.51. The molecule has 0 unspecified atom stereocenters. The molecule has 1 N–H and O–H groups in total. The van der Waals surface area contributed by atoms with E-state index in [1.54, 1.807) is 18.2 Å². The minimum absolute atomic E-state index is 0.110. The van der Waals surface area contributed by atoms with Crippen molar-refractivity contribution in [2.75, 3.05) is 12.4 Å². The van der Waals surface area contributed by atoms with Gasteiger partial charge in [0.05, 0.1) is 7.11 Å². The van der Waals surface area contributed by atoms with Crippen molar-refractivity contribution in [1.29, 1.82) is 0 Å². The lowest BCUT2D eigenvalue weighted by atomic mass is 10.3. The summed E-state index contributed by atoms with van der Waals surface area (Å²) in [5.74, 6) is -0.748. The summed E-state index contributed by atoms with van der Waals surface area (Å²) in [6, 6.07) is 4.85. The monoisotopic (exact) mass is 220 g/mol. The first-order valence-electron chi connectivity index (χ1n) is 4.43. The highest BCUT2D eigenvalue weighted by Crippen LogP contribution is 2.19. The van der Waals surface area contributed by atoms with Gasteiger partial charge in [0.25, 0.3) is 0 Å². The van der Waals surface area contributed by atoms with Gasteiger partial charge < -0.3 is 14.5 Å². The molecule has 2 rings (SSSR count). The normalized spacial score (nSPS) is 10.1. The van der Waals surface area contributed by atoms with Crippen LogP contribution in [0, 0.1) is 0 Å². The van der Waals surface area contributed by atoms with Crippen LogP contribution in [0.15, 0.2) is 22.6 Å². The molecule has 0 bridgehead atoms. The average Bonchev–Trinajstić information content (AvgIpc) is 2.71. The van der Waals surface area contributed by atoms with Crippen molar-refractivity contribution >= 4 is 29.2 Å². The summed E-state index contributed by atoms with van der Waals surface area (Å²) in [5, 5.41) is 2.47. The van der Waals surface area contributed by atoms with Crippen LogP contribution in [0.1, 0.15) is 10.7 Å². The van der Waals surface area contributed by atoms with E-state index >= 15 is 0 Å². The molecule has 0 aliphatic rings. The molecular weight excluding hydrogens is 212 g/mol. The summed E-state index contributed by atoms with van der Waals surface area (Å²) >= 11 is 0. The lowest BCUT2D eigenvalue weighted by Gasteiger charge is -1.95. The van der Waals surface area contributed by atoms with E-state index in [0.29, 0.717) is 23.2 Å². The third kappa shape index (κ3) is 1.72. The SMILES string of the molecule is COC(=O)c1nc2cc(NC=O)ccc2o1. The predicted molar refractivity (Wildman–Crippen MR) is 55.0 cm³/mol. The highest BCUT2D eigenvalue weighted by molar-refractivity contribution is 5.89. The zero-order chi connectivity index (χ0) is 11.5. The van der Waals surface area contributed by atoms with E-state index in [9.17, 15) is 9.59 Å². The molecule has 6 heteroatoms. The van der Waals surface area contributed by atoms with Gasteiger partial charge in [0.15, 0.2) is 5.58 Å². The number of oxazole rings is 1. The second-order valence-electron chi connectivity index (χ2n) is 2.96. The number of carbonyl (C=O) groups excluding carboxylic acids is 2. The van der Waals surface area contributed by atoms with Gasteiger partial charge in [0, 0.05) is 5.69 Å². The summed E-state index contributed by atoms with van der Waals surface area (Å²) in [6.45, 7) is 0. The first-order valence-corrected chi connectivity index (χ1v) is 4.43. The van der Waals surface area contributed by atoms with Crippen molar-refractivity contribution in [2.24, 2.45) is 0 Å². The molecule has 0 spiro atoms. The van der Waals surface area contributed by atoms with Crippen LogP contribution in [0.25, 0.3) is 11.1 Å². The Morgan fingerprint density at radius 3 is 3.06 bits per heavy atom. The Balaban J connectivity index is 2.45. The summed E-state index contributed by atoms with van der Waals surface area (Å²) < 4.78 is 9.63. The molecule has 0 saturated carbocycles. The largest absolute Gasteiger partial charge is 0.462 e. The zero-order valence-electron chi connectivity index (χ0n) is 8.39. The van der Waals surface area contributed by atoms with E-state index in [-0.39, 0.29) is 5.89 Å². The molecule has 16 heavy (non-hydrogen) atoms. The second kappa shape index (κ2) is 4.01. The van der Waals surface area contributed by atoms with Gasteiger partial charge >= 0.3 is 11.9 Å². The van der Waals surface area contributed by atoms with Gasteiger partial charge in [-0.15, -0.1) is 0 Å². The molecule has 1 aromatic heterocycles. The Morgan fingerprint density at radius 2 is 2.38 bits per heavy atom. The Labute approximate surface area is 90.2 Å². The standard InChI is InChI=1S/C10H8N2O4/c1-15-10(14)9-12-7-4-6(11-5-13)2-3-8(7)16-9/h2-5H,1H3,(H,11,13). The first kappa shape index (κ1) is 10.2. The number of carbonyl (C=O) groups is 2. The Morgan fingerprint density at radius 1 is 1.56 bits per heavy atom. The molecule has 0 fully saturated rings. The predicted octanol–water partition coefficient (Wildman–Crippen LogP) is 1.18. The highest BCUT2D eigenvalue weighted by Gasteiger charge is 2.14. The Kier molecular flexibility index (Phi) is 2.55. The molecule has 6 nitrogen and oxygen atoms in total. The lowest BCUT2D eigenvalue weighted by molar-refractivity contribution is -0.105. The van der Waals surface area contributed by atoms with Crippen LogP contribution < -0.4 is 5.32 Å².